The van der Waals surface area contributed by atoms with E-state index in [-0.39, 0.29) is 23.8 Å². The lowest BCUT2D eigenvalue weighted by Gasteiger charge is -2.16. The average Bonchev–Trinajstić information content (AvgIpc) is 3.42. The van der Waals surface area contributed by atoms with Gasteiger partial charge in [0.2, 0.25) is 6.17 Å². The minimum absolute atomic E-state index is 0.0134. The summed E-state index contributed by atoms with van der Waals surface area (Å²) < 4.78 is 1.41. The van der Waals surface area contributed by atoms with Gasteiger partial charge in [-0.05, 0) is 41.0 Å². The minimum atomic E-state index is -1.47. The maximum atomic E-state index is 11.9. The Balaban J connectivity index is 1.68. The van der Waals surface area contributed by atoms with Crippen molar-refractivity contribution in [2.75, 3.05) is 0 Å². The number of nitrogens with zero attached hydrogens (tertiary/aromatic N) is 6. The Morgan fingerprint density at radius 2 is 1.72 bits per heavy atom. The third-order valence-corrected chi connectivity index (χ3v) is 5.18. The fourth-order valence-electron chi connectivity index (χ4n) is 3.68. The molecular weight excluding hydrogens is 412 g/mol. The molecule has 164 valence electrons. The van der Waals surface area contributed by atoms with E-state index in [0.29, 0.717) is 0 Å². The van der Waals surface area contributed by atoms with Crippen LogP contribution >= 0.6 is 0 Å². The number of aliphatic hydroxyl groups excluding tert-OH is 1. The zero-order valence-electron chi connectivity index (χ0n) is 17.5. The molecule has 10 heteroatoms. The highest BCUT2D eigenvalue weighted by molar-refractivity contribution is 5.87. The van der Waals surface area contributed by atoms with Gasteiger partial charge < -0.3 is 19.9 Å². The van der Waals surface area contributed by atoms with Crippen molar-refractivity contribution in [3.05, 3.63) is 76.9 Å². The molecule has 1 aliphatic heterocycles. The van der Waals surface area contributed by atoms with E-state index in [0.717, 1.165) is 22.3 Å². The highest BCUT2D eigenvalue weighted by Crippen LogP contribution is 2.33. The summed E-state index contributed by atoms with van der Waals surface area (Å²) in [4.78, 5) is 16.1. The lowest BCUT2D eigenvalue weighted by Crippen LogP contribution is -2.22. The second-order valence-corrected chi connectivity index (χ2v) is 7.90. The molecule has 3 aromatic rings. The van der Waals surface area contributed by atoms with Gasteiger partial charge in [0.1, 0.15) is 23.7 Å². The maximum absolute atomic E-state index is 11.9. The topological polar surface area (TPSA) is 145 Å². The number of hydrogen-bond donors (Lipinski definition) is 3. The minimum Gasteiger partial charge on any atom is -0.477 e. The number of carboxylic acids is 1. The van der Waals surface area contributed by atoms with Crippen molar-refractivity contribution in [2.24, 2.45) is 20.7 Å². The summed E-state index contributed by atoms with van der Waals surface area (Å²) in [6.45, 7) is 2.64. The van der Waals surface area contributed by atoms with E-state index in [1.54, 1.807) is 0 Å². The Morgan fingerprint density at radius 1 is 1.06 bits per heavy atom. The first kappa shape index (κ1) is 21.5. The molecule has 0 atom stereocenters. The molecule has 0 bridgehead atoms. The quantitative estimate of drug-likeness (QED) is 0.517. The zero-order valence-corrected chi connectivity index (χ0v) is 17.5. The van der Waals surface area contributed by atoms with E-state index >= 15 is 0 Å². The van der Waals surface area contributed by atoms with Crippen LogP contribution in [0.2, 0.25) is 0 Å². The predicted octanol–water partition coefficient (Wildman–Crippen LogP) is 3.85. The molecule has 0 fully saturated rings. The van der Waals surface area contributed by atoms with Crippen LogP contribution in [-0.2, 0) is 18.8 Å². The van der Waals surface area contributed by atoms with Crippen LogP contribution in [0.25, 0.3) is 11.1 Å². The van der Waals surface area contributed by atoms with Gasteiger partial charge in [0.05, 0.1) is 0 Å². The van der Waals surface area contributed by atoms with Gasteiger partial charge in [-0.2, -0.15) is 0 Å². The molecule has 1 aromatic heterocycles. The summed E-state index contributed by atoms with van der Waals surface area (Å²) in [5, 5.41) is 45.0. The first-order valence-corrected chi connectivity index (χ1v) is 9.94. The van der Waals surface area contributed by atoms with E-state index in [2.05, 4.69) is 25.7 Å². The summed E-state index contributed by atoms with van der Waals surface area (Å²) in [7, 11) is 0. The van der Waals surface area contributed by atoms with Gasteiger partial charge in [-0.3, -0.25) is 0 Å². The highest BCUT2D eigenvalue weighted by Gasteiger charge is 2.31. The van der Waals surface area contributed by atoms with Crippen molar-refractivity contribution >= 4 is 5.97 Å². The van der Waals surface area contributed by atoms with Crippen LogP contribution in [0.5, 0.6) is 0 Å². The molecule has 1 aliphatic rings. The van der Waals surface area contributed by atoms with E-state index in [4.69, 9.17) is 0 Å². The monoisotopic (exact) mass is 434 g/mol. The largest absolute Gasteiger partial charge is 0.477 e. The molecule has 3 N–H and O–H groups in total. The number of aromatic carboxylic acids is 1. The smallest absolute Gasteiger partial charge is 0.354 e. The number of aliphatic hydroxyl groups is 2. The van der Waals surface area contributed by atoms with E-state index in [1.165, 1.54) is 18.4 Å². The van der Waals surface area contributed by atoms with Gasteiger partial charge in [0.25, 0.3) is 0 Å². The molecule has 0 saturated heterocycles. The van der Waals surface area contributed by atoms with Crippen LogP contribution < -0.4 is 0 Å². The molecule has 32 heavy (non-hydrogen) atoms. The molecule has 4 rings (SSSR count). The number of aromatic nitrogens is 2. The van der Waals surface area contributed by atoms with Crippen LogP contribution in [0.4, 0.5) is 0 Å². The van der Waals surface area contributed by atoms with Crippen LogP contribution in [0, 0.1) is 0 Å². The molecule has 0 amide bonds. The Labute approximate surface area is 183 Å². The summed E-state index contributed by atoms with van der Waals surface area (Å²) in [6, 6.07) is 15.3. The van der Waals surface area contributed by atoms with E-state index in [1.807, 2.05) is 48.5 Å². The van der Waals surface area contributed by atoms with Gasteiger partial charge >= 0.3 is 5.97 Å². The summed E-state index contributed by atoms with van der Waals surface area (Å²) in [6.07, 6.45) is -0.470. The van der Waals surface area contributed by atoms with Crippen LogP contribution in [-0.4, -0.2) is 30.8 Å². The molecule has 10 nitrogen and oxygen atoms in total. The van der Waals surface area contributed by atoms with Gasteiger partial charge in [-0.1, -0.05) is 48.5 Å². The number of imidazole rings is 1. The van der Waals surface area contributed by atoms with Crippen molar-refractivity contribution in [3.8, 4) is 11.1 Å². The Hall–Kier alpha value is -3.76. The predicted molar refractivity (Wildman–Crippen MR) is 114 cm³/mol. The van der Waals surface area contributed by atoms with Crippen LogP contribution in [0.3, 0.4) is 0 Å². The number of rotatable bonds is 7. The Kier molecular flexibility index (Phi) is 5.64. The summed E-state index contributed by atoms with van der Waals surface area (Å²) >= 11 is 0. The maximum Gasteiger partial charge on any atom is 0.354 e. The van der Waals surface area contributed by atoms with Crippen LogP contribution in [0.1, 0.15) is 53.1 Å². The first-order chi connectivity index (χ1) is 15.3. The van der Waals surface area contributed by atoms with Crippen LogP contribution in [0.15, 0.2) is 69.2 Å². The van der Waals surface area contributed by atoms with Gasteiger partial charge in [-0.25, -0.2) is 9.78 Å². The molecule has 0 unspecified atom stereocenters. The number of benzene rings is 2. The molecule has 2 aromatic carbocycles. The average molecular weight is 434 g/mol. The molecule has 0 saturated carbocycles. The van der Waals surface area contributed by atoms with E-state index in [9.17, 15) is 20.1 Å². The molecular formula is C22H22N6O4. The van der Waals surface area contributed by atoms with Gasteiger partial charge in [0.15, 0.2) is 5.69 Å². The van der Waals surface area contributed by atoms with Crippen molar-refractivity contribution in [3.63, 3.8) is 0 Å². The summed E-state index contributed by atoms with van der Waals surface area (Å²) in [5.41, 5.74) is 1.97. The van der Waals surface area contributed by atoms with E-state index < -0.39 is 24.3 Å². The van der Waals surface area contributed by atoms with Gasteiger partial charge in [-0.15, -0.1) is 10.2 Å². The fraction of sp³-hybridized carbons (Fsp3) is 0.273. The molecule has 0 spiro atoms. The molecule has 2 heterocycles. The first-order valence-electron chi connectivity index (χ1n) is 9.94. The number of carbonyl (C=O) groups is 1. The molecule has 0 aliphatic carbocycles. The third kappa shape index (κ3) is 4.05. The highest BCUT2D eigenvalue weighted by atomic mass is 16.4. The standard InChI is InChI=1S/C22H22N6O4/c1-22(2,32)19-18(21(30)31)28(17(12-29)23-19)11-13-7-9-14(10-8-13)15-5-3-4-6-16(15)20-24-26-27-25-20/h3-10,20,29,32H,11-12H2,1-2H3,(H,30,31). The second kappa shape index (κ2) is 8.40. The SMILES string of the molecule is CC(C)(O)c1nc(CO)n(Cc2ccc(-c3ccccc3C3N=NN=N3)cc2)c1C(=O)O. The third-order valence-electron chi connectivity index (χ3n) is 5.18. The van der Waals surface area contributed by atoms with Crippen molar-refractivity contribution in [1.82, 2.24) is 9.55 Å². The summed E-state index contributed by atoms with van der Waals surface area (Å²) in [5.74, 6) is -1.05. The number of hydrogen-bond acceptors (Lipinski definition) is 8. The van der Waals surface area contributed by atoms with Crippen molar-refractivity contribution in [2.45, 2.75) is 38.8 Å². The lowest BCUT2D eigenvalue weighted by molar-refractivity contribution is 0.0602. The normalized spacial score (nSPS) is 13.8. The lowest BCUT2D eigenvalue weighted by atomic mass is 9.97. The van der Waals surface area contributed by atoms with Crippen molar-refractivity contribution < 1.29 is 20.1 Å². The second-order valence-electron chi connectivity index (χ2n) is 7.90. The van der Waals surface area contributed by atoms with Crippen molar-refractivity contribution in [1.29, 1.82) is 0 Å². The Bertz CT molecular complexity index is 1200. The number of carboxylic acid groups (broad SMARTS) is 1. The zero-order chi connectivity index (χ0) is 22.9. The molecule has 0 radical (unpaired) electrons. The van der Waals surface area contributed by atoms with Gasteiger partial charge in [0, 0.05) is 12.1 Å². The fourth-order valence-corrected chi connectivity index (χ4v) is 3.68. The Morgan fingerprint density at radius 3 is 2.31 bits per heavy atom.